The molecule has 0 N–H and O–H groups in total. The van der Waals surface area contributed by atoms with Crippen LogP contribution in [0.1, 0.15) is 19.8 Å². The molecule has 0 heterocycles. The summed E-state index contributed by atoms with van der Waals surface area (Å²) in [6.07, 6.45) is 0.910. The first kappa shape index (κ1) is 17.8. The van der Waals surface area contributed by atoms with Gasteiger partial charge < -0.3 is 9.05 Å². The average Bonchev–Trinajstić information content (AvgIpc) is 2.26. The molecular formula is C10H21N2O4PS. The summed E-state index contributed by atoms with van der Waals surface area (Å²) in [6, 6.07) is 1.97. The van der Waals surface area contributed by atoms with Crippen LogP contribution in [-0.4, -0.2) is 51.9 Å². The molecule has 0 aromatic rings. The number of sulfone groups is 1. The van der Waals surface area contributed by atoms with E-state index in [1.807, 2.05) is 13.0 Å². The molecule has 1 atom stereocenters. The van der Waals surface area contributed by atoms with Crippen LogP contribution < -0.4 is 0 Å². The van der Waals surface area contributed by atoms with Crippen LogP contribution >= 0.6 is 8.53 Å². The van der Waals surface area contributed by atoms with Gasteiger partial charge in [0.1, 0.15) is 0 Å². The first-order valence-electron chi connectivity index (χ1n) is 5.73. The molecule has 18 heavy (non-hydrogen) atoms. The monoisotopic (exact) mass is 296 g/mol. The Morgan fingerprint density at radius 2 is 1.83 bits per heavy atom. The maximum absolute atomic E-state index is 11.5. The second kappa shape index (κ2) is 9.65. The highest BCUT2D eigenvalue weighted by molar-refractivity contribution is 7.91. The molecule has 0 amide bonds. The van der Waals surface area contributed by atoms with E-state index in [-0.39, 0.29) is 18.1 Å². The van der Waals surface area contributed by atoms with Crippen molar-refractivity contribution in [2.45, 2.75) is 19.8 Å². The molecule has 0 aromatic carbocycles. The summed E-state index contributed by atoms with van der Waals surface area (Å²) in [5.74, 6) is 0.195. The Balaban J connectivity index is 4.01. The molecule has 0 spiro atoms. The maximum Gasteiger partial charge on any atom is 0.258 e. The molecular weight excluding hydrogens is 275 g/mol. The van der Waals surface area contributed by atoms with Gasteiger partial charge in [-0.1, -0.05) is 6.92 Å². The van der Waals surface area contributed by atoms with E-state index in [2.05, 4.69) is 0 Å². The summed E-state index contributed by atoms with van der Waals surface area (Å²) in [4.78, 5) is 0. The molecule has 1 unspecified atom stereocenters. The standard InChI is InChI=1S/C10H21N2O4PS/c1-4-9-18(13,14)10-8-16-17(12(2)3)15-7-5-6-11/h4-5,7-10H2,1-3H3. The average molecular weight is 296 g/mol. The number of nitrogens with zero attached hydrogens (tertiary/aromatic N) is 2. The van der Waals surface area contributed by atoms with E-state index in [0.717, 1.165) is 0 Å². The quantitative estimate of drug-likeness (QED) is 0.449. The number of rotatable bonds is 10. The topological polar surface area (TPSA) is 79.6 Å². The molecule has 0 rings (SSSR count). The lowest BCUT2D eigenvalue weighted by Crippen LogP contribution is -2.17. The fraction of sp³-hybridized carbons (Fsp3) is 0.900. The Morgan fingerprint density at radius 3 is 2.33 bits per heavy atom. The Morgan fingerprint density at radius 1 is 1.22 bits per heavy atom. The highest BCUT2D eigenvalue weighted by Crippen LogP contribution is 2.40. The number of hydrogen-bond acceptors (Lipinski definition) is 6. The van der Waals surface area contributed by atoms with E-state index in [9.17, 15) is 8.42 Å². The molecule has 0 bridgehead atoms. The zero-order valence-corrected chi connectivity index (χ0v) is 12.8. The van der Waals surface area contributed by atoms with E-state index in [1.54, 1.807) is 18.8 Å². The lowest BCUT2D eigenvalue weighted by atomic mass is 10.5. The number of nitriles is 1. The van der Waals surface area contributed by atoms with Crippen molar-refractivity contribution in [1.29, 1.82) is 5.26 Å². The van der Waals surface area contributed by atoms with Crippen molar-refractivity contribution in [1.82, 2.24) is 4.67 Å². The number of hydrogen-bond donors (Lipinski definition) is 0. The van der Waals surface area contributed by atoms with Gasteiger partial charge in [0.05, 0.1) is 31.5 Å². The predicted molar refractivity (Wildman–Crippen MR) is 71.7 cm³/mol. The summed E-state index contributed by atoms with van der Waals surface area (Å²) in [7, 11) is -0.714. The molecule has 0 fully saturated rings. The van der Waals surface area contributed by atoms with Gasteiger partial charge in [0.2, 0.25) is 0 Å². The molecule has 0 aliphatic heterocycles. The van der Waals surface area contributed by atoms with Crippen LogP contribution in [0.4, 0.5) is 0 Å². The van der Waals surface area contributed by atoms with E-state index >= 15 is 0 Å². The summed E-state index contributed by atoms with van der Waals surface area (Å²) in [5.41, 5.74) is 0. The second-order valence-electron chi connectivity index (χ2n) is 3.81. The third-order valence-electron chi connectivity index (χ3n) is 1.85. The minimum absolute atomic E-state index is 0.00905. The van der Waals surface area contributed by atoms with Crippen LogP contribution in [-0.2, 0) is 18.9 Å². The lowest BCUT2D eigenvalue weighted by molar-refractivity contribution is 0.232. The fourth-order valence-electron chi connectivity index (χ4n) is 1.09. The predicted octanol–water partition coefficient (Wildman–Crippen LogP) is 1.55. The molecule has 0 aliphatic carbocycles. The zero-order valence-electron chi connectivity index (χ0n) is 11.1. The molecule has 8 heteroatoms. The summed E-state index contributed by atoms with van der Waals surface area (Å²) in [6.45, 7) is 2.25. The Bertz CT molecular complexity index is 353. The van der Waals surface area contributed by atoms with Crippen LogP contribution in [0.5, 0.6) is 0 Å². The maximum atomic E-state index is 11.5. The van der Waals surface area contributed by atoms with Crippen molar-refractivity contribution in [3.8, 4) is 6.07 Å². The fourth-order valence-corrected chi connectivity index (χ4v) is 3.41. The smallest absolute Gasteiger partial charge is 0.258 e. The van der Waals surface area contributed by atoms with Crippen LogP contribution in [0.2, 0.25) is 0 Å². The van der Waals surface area contributed by atoms with Crippen LogP contribution in [0.25, 0.3) is 0 Å². The molecule has 106 valence electrons. The van der Waals surface area contributed by atoms with Crippen LogP contribution in [0.3, 0.4) is 0 Å². The minimum atomic E-state index is -3.02. The van der Waals surface area contributed by atoms with E-state index in [1.165, 1.54) is 0 Å². The van der Waals surface area contributed by atoms with Crippen molar-refractivity contribution < 1.29 is 17.5 Å². The van der Waals surface area contributed by atoms with Crippen molar-refractivity contribution in [3.05, 3.63) is 0 Å². The van der Waals surface area contributed by atoms with Crippen molar-refractivity contribution in [2.75, 3.05) is 38.8 Å². The summed E-state index contributed by atoms with van der Waals surface area (Å²) < 4.78 is 35.5. The van der Waals surface area contributed by atoms with Gasteiger partial charge in [-0.25, -0.2) is 13.1 Å². The van der Waals surface area contributed by atoms with E-state index in [0.29, 0.717) is 19.4 Å². The van der Waals surface area contributed by atoms with Crippen molar-refractivity contribution in [2.24, 2.45) is 0 Å². The van der Waals surface area contributed by atoms with Crippen molar-refractivity contribution >= 4 is 18.4 Å². The third kappa shape index (κ3) is 8.78. The van der Waals surface area contributed by atoms with Gasteiger partial charge in [-0.2, -0.15) is 5.26 Å². The molecule has 0 aromatic heterocycles. The molecule has 0 radical (unpaired) electrons. The van der Waals surface area contributed by atoms with Gasteiger partial charge in [-0.05, 0) is 20.5 Å². The summed E-state index contributed by atoms with van der Waals surface area (Å²) in [5, 5.41) is 8.40. The lowest BCUT2D eigenvalue weighted by Gasteiger charge is -2.22. The highest BCUT2D eigenvalue weighted by Gasteiger charge is 2.16. The van der Waals surface area contributed by atoms with Gasteiger partial charge in [0, 0.05) is 5.75 Å². The summed E-state index contributed by atoms with van der Waals surface area (Å²) >= 11 is 0. The first-order chi connectivity index (χ1) is 8.43. The highest BCUT2D eigenvalue weighted by atomic mass is 32.2. The Kier molecular flexibility index (Phi) is 9.52. The molecule has 6 nitrogen and oxygen atoms in total. The van der Waals surface area contributed by atoms with E-state index in [4.69, 9.17) is 14.3 Å². The SMILES string of the molecule is CCCS(=O)(=O)CCOP(OCCC#N)N(C)C. The van der Waals surface area contributed by atoms with Gasteiger partial charge in [-0.15, -0.1) is 0 Å². The first-order valence-corrected chi connectivity index (χ1v) is 8.68. The Labute approximate surface area is 111 Å². The molecule has 0 saturated carbocycles. The minimum Gasteiger partial charge on any atom is -0.321 e. The van der Waals surface area contributed by atoms with Gasteiger partial charge in [0.15, 0.2) is 9.84 Å². The van der Waals surface area contributed by atoms with Gasteiger partial charge in [0.25, 0.3) is 8.53 Å². The van der Waals surface area contributed by atoms with E-state index < -0.39 is 18.4 Å². The Hall–Kier alpha value is -0.250. The molecule has 0 saturated heterocycles. The normalized spacial score (nSPS) is 13.5. The molecule has 0 aliphatic rings. The largest absolute Gasteiger partial charge is 0.321 e. The van der Waals surface area contributed by atoms with Gasteiger partial charge >= 0.3 is 0 Å². The van der Waals surface area contributed by atoms with Gasteiger partial charge in [-0.3, -0.25) is 0 Å². The van der Waals surface area contributed by atoms with Crippen molar-refractivity contribution in [3.63, 3.8) is 0 Å². The third-order valence-corrected chi connectivity index (χ3v) is 5.13. The van der Waals surface area contributed by atoms with Crippen LogP contribution in [0.15, 0.2) is 0 Å². The van der Waals surface area contributed by atoms with Crippen LogP contribution in [0, 0.1) is 11.3 Å². The second-order valence-corrected chi connectivity index (χ2v) is 7.91. The zero-order chi connectivity index (χ0) is 14.0.